The van der Waals surface area contributed by atoms with Crippen LogP contribution >= 0.6 is 0 Å². The third-order valence-electron chi connectivity index (χ3n) is 5.83. The molecule has 0 spiro atoms. The highest BCUT2D eigenvalue weighted by molar-refractivity contribution is 6.04. The summed E-state index contributed by atoms with van der Waals surface area (Å²) >= 11 is 0. The summed E-state index contributed by atoms with van der Waals surface area (Å²) in [6, 6.07) is 12.3. The molecule has 162 valence electrons. The summed E-state index contributed by atoms with van der Waals surface area (Å²) < 4.78 is 31.3. The van der Waals surface area contributed by atoms with Crippen LogP contribution in [0.2, 0.25) is 0 Å². The summed E-state index contributed by atoms with van der Waals surface area (Å²) in [5.41, 5.74) is 12.1. The van der Waals surface area contributed by atoms with E-state index in [0.717, 1.165) is 0 Å². The van der Waals surface area contributed by atoms with Crippen molar-refractivity contribution >= 4 is 22.6 Å². The number of aliphatic hydroxyl groups excluding tert-OH is 1. The van der Waals surface area contributed by atoms with Gasteiger partial charge in [0.1, 0.15) is 28.4 Å². The first kappa shape index (κ1) is 20.1. The Morgan fingerprint density at radius 3 is 2.47 bits per heavy atom. The lowest BCUT2D eigenvalue weighted by molar-refractivity contribution is 0.0445. The molecule has 2 aromatic carbocycles. The number of anilines is 1. The molecule has 1 aliphatic rings. The fourth-order valence-electron chi connectivity index (χ4n) is 4.07. The van der Waals surface area contributed by atoms with Gasteiger partial charge in [0.15, 0.2) is 5.82 Å². The average molecular weight is 435 g/mol. The number of halogens is 2. The summed E-state index contributed by atoms with van der Waals surface area (Å²) in [4.78, 5) is 16.5. The fraction of sp³-hybridized carbons (Fsp3) is 0.174. The third kappa shape index (κ3) is 3.09. The maximum Gasteiger partial charge on any atom is 0.254 e. The van der Waals surface area contributed by atoms with Crippen molar-refractivity contribution in [3.05, 3.63) is 65.7 Å². The Balaban J connectivity index is 1.68. The second-order valence-electron chi connectivity index (χ2n) is 7.87. The van der Waals surface area contributed by atoms with Crippen molar-refractivity contribution in [2.75, 3.05) is 5.73 Å². The van der Waals surface area contributed by atoms with E-state index in [1.807, 2.05) is 0 Å². The maximum absolute atomic E-state index is 15.7. The highest BCUT2D eigenvalue weighted by Gasteiger charge is 2.34. The zero-order valence-corrected chi connectivity index (χ0v) is 16.8. The van der Waals surface area contributed by atoms with E-state index in [0.29, 0.717) is 18.2 Å². The number of primary amides is 1. The van der Waals surface area contributed by atoms with Crippen LogP contribution in [0.3, 0.4) is 0 Å². The van der Waals surface area contributed by atoms with Gasteiger partial charge in [-0.15, -0.1) is 0 Å². The van der Waals surface area contributed by atoms with Crippen LogP contribution in [0, 0.1) is 11.6 Å². The molecule has 0 saturated heterocycles. The normalized spacial score (nSPS) is 18.0. The number of benzene rings is 2. The van der Waals surface area contributed by atoms with E-state index in [1.165, 1.54) is 16.8 Å². The number of rotatable bonds is 4. The second-order valence-corrected chi connectivity index (χ2v) is 7.87. The van der Waals surface area contributed by atoms with Crippen molar-refractivity contribution in [3.8, 4) is 22.5 Å². The zero-order valence-electron chi connectivity index (χ0n) is 16.8. The van der Waals surface area contributed by atoms with Crippen molar-refractivity contribution < 1.29 is 18.7 Å². The lowest BCUT2D eigenvalue weighted by Crippen LogP contribution is -2.32. The Bertz CT molecular complexity index is 1380. The standard InChI is InChI=1S/C23H19F2N5O2/c24-16-4-2-1-3-14(16)17-8-6-11-5-7-15(19(25)20(11)28-17)21-18(23(27)32)22(26)30(29-21)12-9-13(31)10-12/h1-8,12-13,31H,9-10,26H2,(H2,27,32). The zero-order chi connectivity index (χ0) is 22.6. The molecule has 4 aromatic rings. The van der Waals surface area contributed by atoms with Gasteiger partial charge >= 0.3 is 0 Å². The van der Waals surface area contributed by atoms with Crippen LogP contribution < -0.4 is 11.5 Å². The molecular weight excluding hydrogens is 416 g/mol. The minimum Gasteiger partial charge on any atom is -0.393 e. The van der Waals surface area contributed by atoms with E-state index in [-0.39, 0.29) is 45.5 Å². The molecule has 9 heteroatoms. The summed E-state index contributed by atoms with van der Waals surface area (Å²) in [6.45, 7) is 0. The summed E-state index contributed by atoms with van der Waals surface area (Å²) in [6.07, 6.45) is 0.386. The maximum atomic E-state index is 15.7. The Morgan fingerprint density at radius 1 is 1.06 bits per heavy atom. The molecule has 2 heterocycles. The molecule has 7 nitrogen and oxygen atoms in total. The molecule has 0 atom stereocenters. The molecule has 1 amide bonds. The van der Waals surface area contributed by atoms with Crippen LogP contribution in [0.1, 0.15) is 29.2 Å². The molecule has 1 saturated carbocycles. The monoisotopic (exact) mass is 435 g/mol. The Morgan fingerprint density at radius 2 is 1.78 bits per heavy atom. The second kappa shape index (κ2) is 7.38. The lowest BCUT2D eigenvalue weighted by atomic mass is 9.90. The van der Waals surface area contributed by atoms with E-state index < -0.39 is 23.6 Å². The van der Waals surface area contributed by atoms with Gasteiger partial charge in [-0.2, -0.15) is 5.10 Å². The van der Waals surface area contributed by atoms with E-state index in [9.17, 15) is 14.3 Å². The Kier molecular flexibility index (Phi) is 4.63. The number of hydrogen-bond donors (Lipinski definition) is 3. The van der Waals surface area contributed by atoms with E-state index >= 15 is 4.39 Å². The summed E-state index contributed by atoms with van der Waals surface area (Å²) in [5, 5.41) is 14.5. The van der Waals surface area contributed by atoms with E-state index in [4.69, 9.17) is 11.5 Å². The van der Waals surface area contributed by atoms with Gasteiger partial charge in [0.2, 0.25) is 0 Å². The molecule has 0 bridgehead atoms. The van der Waals surface area contributed by atoms with Crippen molar-refractivity contribution in [2.45, 2.75) is 25.0 Å². The van der Waals surface area contributed by atoms with Gasteiger partial charge in [0.25, 0.3) is 5.91 Å². The van der Waals surface area contributed by atoms with Crippen molar-refractivity contribution in [1.29, 1.82) is 0 Å². The molecule has 1 fully saturated rings. The van der Waals surface area contributed by atoms with Crippen LogP contribution in [0.4, 0.5) is 14.6 Å². The number of pyridine rings is 1. The quantitative estimate of drug-likeness (QED) is 0.454. The molecule has 5 rings (SSSR count). The van der Waals surface area contributed by atoms with Gasteiger partial charge < -0.3 is 16.6 Å². The van der Waals surface area contributed by atoms with Gasteiger partial charge in [-0.3, -0.25) is 4.79 Å². The summed E-state index contributed by atoms with van der Waals surface area (Å²) in [7, 11) is 0. The molecule has 0 aliphatic heterocycles. The number of carbonyl (C=O) groups excluding carboxylic acids is 1. The largest absolute Gasteiger partial charge is 0.393 e. The molecule has 1 aliphatic carbocycles. The highest BCUT2D eigenvalue weighted by Crippen LogP contribution is 2.38. The van der Waals surface area contributed by atoms with Gasteiger partial charge in [0, 0.05) is 16.5 Å². The number of carbonyl (C=O) groups is 1. The Hall–Kier alpha value is -3.85. The summed E-state index contributed by atoms with van der Waals surface area (Å²) in [5.74, 6) is -2.00. The topological polar surface area (TPSA) is 120 Å². The number of aliphatic hydroxyl groups is 1. The van der Waals surface area contributed by atoms with Crippen LogP contribution in [-0.4, -0.2) is 31.9 Å². The predicted molar refractivity (Wildman–Crippen MR) is 116 cm³/mol. The average Bonchev–Trinajstić information content (AvgIpc) is 3.08. The molecule has 32 heavy (non-hydrogen) atoms. The molecule has 0 unspecified atom stereocenters. The lowest BCUT2D eigenvalue weighted by Gasteiger charge is -2.32. The van der Waals surface area contributed by atoms with Crippen LogP contribution in [0.5, 0.6) is 0 Å². The number of fused-ring (bicyclic) bond motifs is 1. The minimum atomic E-state index is -0.837. The first-order chi connectivity index (χ1) is 15.3. The first-order valence-electron chi connectivity index (χ1n) is 10.1. The molecule has 2 aromatic heterocycles. The number of amides is 1. The van der Waals surface area contributed by atoms with Crippen molar-refractivity contribution in [3.63, 3.8) is 0 Å². The highest BCUT2D eigenvalue weighted by atomic mass is 19.1. The predicted octanol–water partition coefficient (Wildman–Crippen LogP) is 3.42. The van der Waals surface area contributed by atoms with Crippen molar-refractivity contribution in [2.24, 2.45) is 5.73 Å². The van der Waals surface area contributed by atoms with Crippen LogP contribution in [0.15, 0.2) is 48.5 Å². The number of nitrogens with two attached hydrogens (primary N) is 2. The van der Waals surface area contributed by atoms with Crippen molar-refractivity contribution in [1.82, 2.24) is 14.8 Å². The van der Waals surface area contributed by atoms with E-state index in [1.54, 1.807) is 36.4 Å². The number of nitrogens with zero attached hydrogens (tertiary/aromatic N) is 3. The number of hydrogen-bond acceptors (Lipinski definition) is 5. The number of nitrogen functional groups attached to an aromatic ring is 1. The minimum absolute atomic E-state index is 0.00543. The van der Waals surface area contributed by atoms with Gasteiger partial charge in [-0.25, -0.2) is 18.4 Å². The smallest absolute Gasteiger partial charge is 0.254 e. The van der Waals surface area contributed by atoms with Crippen LogP contribution in [0.25, 0.3) is 33.4 Å². The Labute approximate surface area is 181 Å². The molecular formula is C23H19F2N5O2. The van der Waals surface area contributed by atoms with Crippen LogP contribution in [-0.2, 0) is 0 Å². The van der Waals surface area contributed by atoms with Gasteiger partial charge in [-0.1, -0.05) is 24.3 Å². The first-order valence-corrected chi connectivity index (χ1v) is 10.1. The van der Waals surface area contributed by atoms with Gasteiger partial charge in [-0.05, 0) is 37.1 Å². The third-order valence-corrected chi connectivity index (χ3v) is 5.83. The van der Waals surface area contributed by atoms with Gasteiger partial charge in [0.05, 0.1) is 17.8 Å². The number of aromatic nitrogens is 3. The van der Waals surface area contributed by atoms with E-state index in [2.05, 4.69) is 10.1 Å². The SMILES string of the molecule is NC(=O)c1c(-c2ccc3ccc(-c4ccccc4F)nc3c2F)nn(C2CC(O)C2)c1N. The molecule has 0 radical (unpaired) electrons. The molecule has 5 N–H and O–H groups in total. The fourth-order valence-corrected chi connectivity index (χ4v) is 4.07.